The summed E-state index contributed by atoms with van der Waals surface area (Å²) in [5, 5.41) is 9.22. The van der Waals surface area contributed by atoms with Crippen molar-refractivity contribution in [3.8, 4) is 0 Å². The molecule has 0 bridgehead atoms. The number of halogens is 5. The fourth-order valence-electron chi connectivity index (χ4n) is 1.30. The Morgan fingerprint density at radius 2 is 1.74 bits per heavy atom. The van der Waals surface area contributed by atoms with E-state index in [0.717, 1.165) is 13.8 Å². The molecule has 0 fully saturated rings. The Labute approximate surface area is 107 Å². The van der Waals surface area contributed by atoms with Crippen LogP contribution in [0.1, 0.15) is 27.2 Å². The largest absolute Gasteiger partial charge is 0.453 e. The predicted octanol–water partition coefficient (Wildman–Crippen LogP) is 2.83. The van der Waals surface area contributed by atoms with E-state index in [0.29, 0.717) is 6.92 Å². The van der Waals surface area contributed by atoms with E-state index in [1.54, 1.807) is 0 Å². The van der Waals surface area contributed by atoms with Crippen molar-refractivity contribution in [3.05, 3.63) is 12.2 Å². The second-order valence-electron chi connectivity index (χ2n) is 4.16. The molecule has 0 aliphatic rings. The molecule has 0 radical (unpaired) electrons. The maximum Gasteiger partial charge on any atom is 0.423 e. The SMILES string of the molecule is C=C(C)C(=O)OC(C)C(F)(F)C(O)(CC)C(F)(F)F. The van der Waals surface area contributed by atoms with Crippen LogP contribution in [0.4, 0.5) is 22.0 Å². The van der Waals surface area contributed by atoms with Crippen molar-refractivity contribution in [2.45, 2.75) is 51.0 Å². The van der Waals surface area contributed by atoms with Gasteiger partial charge in [0.05, 0.1) is 0 Å². The first-order valence-electron chi connectivity index (χ1n) is 5.34. The van der Waals surface area contributed by atoms with Crippen molar-refractivity contribution in [1.82, 2.24) is 0 Å². The molecule has 0 aromatic carbocycles. The zero-order valence-electron chi connectivity index (χ0n) is 10.6. The summed E-state index contributed by atoms with van der Waals surface area (Å²) in [4.78, 5) is 11.0. The third-order valence-corrected chi connectivity index (χ3v) is 2.67. The van der Waals surface area contributed by atoms with E-state index in [1.165, 1.54) is 0 Å². The average Bonchev–Trinajstić information content (AvgIpc) is 2.25. The molecule has 3 nitrogen and oxygen atoms in total. The quantitative estimate of drug-likeness (QED) is 0.481. The van der Waals surface area contributed by atoms with Gasteiger partial charge in [0, 0.05) is 5.57 Å². The van der Waals surface area contributed by atoms with Gasteiger partial charge in [-0.3, -0.25) is 0 Å². The summed E-state index contributed by atoms with van der Waals surface area (Å²) < 4.78 is 69.3. The molecular formula is C11H15F5O3. The van der Waals surface area contributed by atoms with Crippen LogP contribution in [0.25, 0.3) is 0 Å². The summed E-state index contributed by atoms with van der Waals surface area (Å²) >= 11 is 0. The summed E-state index contributed by atoms with van der Waals surface area (Å²) in [7, 11) is 0. The van der Waals surface area contributed by atoms with Crippen LogP contribution in [0.2, 0.25) is 0 Å². The molecule has 0 saturated heterocycles. The molecule has 19 heavy (non-hydrogen) atoms. The lowest BCUT2D eigenvalue weighted by atomic mass is 9.88. The summed E-state index contributed by atoms with van der Waals surface area (Å²) in [6.45, 7) is 5.61. The van der Waals surface area contributed by atoms with Gasteiger partial charge < -0.3 is 9.84 Å². The van der Waals surface area contributed by atoms with Gasteiger partial charge in [-0.25, -0.2) is 4.79 Å². The highest BCUT2D eigenvalue weighted by molar-refractivity contribution is 5.87. The number of esters is 1. The van der Waals surface area contributed by atoms with E-state index >= 15 is 0 Å². The number of carbonyl (C=O) groups is 1. The Morgan fingerprint density at radius 3 is 2.00 bits per heavy atom. The van der Waals surface area contributed by atoms with E-state index in [-0.39, 0.29) is 5.57 Å². The number of alkyl halides is 5. The van der Waals surface area contributed by atoms with Gasteiger partial charge in [0.15, 0.2) is 6.10 Å². The van der Waals surface area contributed by atoms with Crippen LogP contribution in [0.3, 0.4) is 0 Å². The fourth-order valence-corrected chi connectivity index (χ4v) is 1.30. The van der Waals surface area contributed by atoms with Gasteiger partial charge in [0.2, 0.25) is 5.60 Å². The second kappa shape index (κ2) is 5.44. The van der Waals surface area contributed by atoms with Gasteiger partial charge >= 0.3 is 18.1 Å². The van der Waals surface area contributed by atoms with E-state index in [1.807, 2.05) is 0 Å². The summed E-state index contributed by atoms with van der Waals surface area (Å²) in [5.74, 6) is -5.95. The summed E-state index contributed by atoms with van der Waals surface area (Å²) in [6, 6.07) is 0. The zero-order chi connectivity index (χ0) is 15.6. The lowest BCUT2D eigenvalue weighted by molar-refractivity contribution is -0.349. The standard InChI is InChI=1S/C11H15F5O3/c1-5-9(18,11(14,15)16)10(12,13)7(4)19-8(17)6(2)3/h7,18H,2,5H2,1,3-4H3. The van der Waals surface area contributed by atoms with Crippen molar-refractivity contribution in [3.63, 3.8) is 0 Å². The van der Waals surface area contributed by atoms with Gasteiger partial charge in [-0.05, 0) is 20.3 Å². The Kier molecular flexibility index (Phi) is 5.10. The topological polar surface area (TPSA) is 46.5 Å². The number of rotatable bonds is 5. The van der Waals surface area contributed by atoms with E-state index in [2.05, 4.69) is 11.3 Å². The van der Waals surface area contributed by atoms with Crippen molar-refractivity contribution >= 4 is 5.97 Å². The molecule has 0 saturated carbocycles. The molecule has 0 aliphatic carbocycles. The maximum atomic E-state index is 13.7. The van der Waals surface area contributed by atoms with Crippen molar-refractivity contribution in [2.24, 2.45) is 0 Å². The summed E-state index contributed by atoms with van der Waals surface area (Å²) in [6.07, 6.45) is -9.29. The summed E-state index contributed by atoms with van der Waals surface area (Å²) in [5.41, 5.74) is -4.51. The molecule has 8 heteroatoms. The maximum absolute atomic E-state index is 13.7. The van der Waals surface area contributed by atoms with Crippen molar-refractivity contribution < 1.29 is 36.6 Å². The first-order valence-corrected chi connectivity index (χ1v) is 5.34. The fraction of sp³-hybridized carbons (Fsp3) is 0.727. The van der Waals surface area contributed by atoms with Gasteiger partial charge in [-0.2, -0.15) is 22.0 Å². The molecule has 0 rings (SSSR count). The number of hydrogen-bond donors (Lipinski definition) is 1. The molecule has 0 amide bonds. The minimum atomic E-state index is -5.56. The van der Waals surface area contributed by atoms with Gasteiger partial charge in [-0.15, -0.1) is 0 Å². The molecule has 2 atom stereocenters. The normalized spacial score (nSPS) is 17.5. The predicted molar refractivity (Wildman–Crippen MR) is 56.6 cm³/mol. The Bertz CT molecular complexity index is 364. The molecule has 0 heterocycles. The number of carbonyl (C=O) groups excluding carboxylic acids is 1. The third kappa shape index (κ3) is 3.23. The van der Waals surface area contributed by atoms with E-state index in [9.17, 15) is 31.9 Å². The number of aliphatic hydroxyl groups is 1. The highest BCUT2D eigenvalue weighted by Crippen LogP contribution is 2.46. The first kappa shape index (κ1) is 17.8. The lowest BCUT2D eigenvalue weighted by Gasteiger charge is -2.39. The van der Waals surface area contributed by atoms with Crippen LogP contribution in [0.15, 0.2) is 12.2 Å². The van der Waals surface area contributed by atoms with Crippen LogP contribution in [0.5, 0.6) is 0 Å². The minimum Gasteiger partial charge on any atom is -0.453 e. The third-order valence-electron chi connectivity index (χ3n) is 2.67. The average molecular weight is 290 g/mol. The lowest BCUT2D eigenvalue weighted by Crippen LogP contribution is -2.63. The molecule has 1 N–H and O–H groups in total. The Hall–Kier alpha value is -1.18. The van der Waals surface area contributed by atoms with Crippen LogP contribution in [-0.4, -0.2) is 34.9 Å². The first-order chi connectivity index (χ1) is 8.31. The number of ether oxygens (including phenoxy) is 1. The van der Waals surface area contributed by atoms with Crippen LogP contribution < -0.4 is 0 Å². The molecule has 0 aliphatic heterocycles. The van der Waals surface area contributed by atoms with Gasteiger partial charge in [0.25, 0.3) is 0 Å². The molecule has 0 aromatic heterocycles. The Balaban J connectivity index is 5.34. The van der Waals surface area contributed by atoms with Crippen molar-refractivity contribution in [1.29, 1.82) is 0 Å². The minimum absolute atomic E-state index is 0.241. The van der Waals surface area contributed by atoms with E-state index < -0.39 is 36.2 Å². The Morgan fingerprint density at radius 1 is 1.32 bits per heavy atom. The monoisotopic (exact) mass is 290 g/mol. The second-order valence-corrected chi connectivity index (χ2v) is 4.16. The van der Waals surface area contributed by atoms with Gasteiger partial charge in [0.1, 0.15) is 0 Å². The number of hydrogen-bond acceptors (Lipinski definition) is 3. The van der Waals surface area contributed by atoms with Crippen molar-refractivity contribution in [2.75, 3.05) is 0 Å². The van der Waals surface area contributed by atoms with Crippen LogP contribution >= 0.6 is 0 Å². The van der Waals surface area contributed by atoms with Crippen LogP contribution in [-0.2, 0) is 9.53 Å². The van der Waals surface area contributed by atoms with Gasteiger partial charge in [-0.1, -0.05) is 13.5 Å². The molecule has 112 valence electrons. The molecule has 0 spiro atoms. The molecular weight excluding hydrogens is 275 g/mol. The molecule has 2 unspecified atom stereocenters. The highest BCUT2D eigenvalue weighted by atomic mass is 19.4. The van der Waals surface area contributed by atoms with Crippen LogP contribution in [0, 0.1) is 0 Å². The van der Waals surface area contributed by atoms with E-state index in [4.69, 9.17) is 0 Å². The smallest absolute Gasteiger partial charge is 0.423 e. The zero-order valence-corrected chi connectivity index (χ0v) is 10.6. The highest BCUT2D eigenvalue weighted by Gasteiger charge is 2.70. The molecule has 0 aromatic rings.